The highest BCUT2D eigenvalue weighted by molar-refractivity contribution is 6.75. The molecule has 0 aromatic heterocycles. The third-order valence-corrected chi connectivity index (χ3v) is 10.1. The zero-order valence-corrected chi connectivity index (χ0v) is 13.6. The first-order valence-electron chi connectivity index (χ1n) is 5.36. The Morgan fingerprint density at radius 2 is 1.43 bits per heavy atom. The van der Waals surface area contributed by atoms with Crippen molar-refractivity contribution >= 4 is 26.9 Å². The molecule has 0 heterocycles. The Morgan fingerprint density at radius 1 is 1.00 bits per heavy atom. The number of rotatable bonds is 7. The van der Waals surface area contributed by atoms with Crippen molar-refractivity contribution < 1.29 is 12.7 Å². The molecule has 0 fully saturated rings. The Bertz CT molecular complexity index is 143. The molecule has 0 bridgehead atoms. The lowest BCUT2D eigenvalue weighted by Crippen LogP contribution is -2.50. The largest absolute Gasteiger partial charge is 0.479 e. The van der Waals surface area contributed by atoms with Crippen LogP contribution in [0.1, 0.15) is 13.3 Å². The van der Waals surface area contributed by atoms with Gasteiger partial charge in [-0.25, -0.2) is 0 Å². The van der Waals surface area contributed by atoms with Crippen molar-refractivity contribution in [1.29, 1.82) is 0 Å². The SMILES string of the molecule is CCC[Si](OC)(O[SiH](C)C)O[SiH](C)C. The van der Waals surface area contributed by atoms with E-state index in [0.717, 1.165) is 12.5 Å². The van der Waals surface area contributed by atoms with Crippen LogP contribution >= 0.6 is 0 Å². The summed E-state index contributed by atoms with van der Waals surface area (Å²) in [6.07, 6.45) is 1.07. The summed E-state index contributed by atoms with van der Waals surface area (Å²) < 4.78 is 17.6. The van der Waals surface area contributed by atoms with Crippen molar-refractivity contribution in [3.05, 3.63) is 0 Å². The molecule has 0 atom stereocenters. The van der Waals surface area contributed by atoms with Crippen molar-refractivity contribution in [2.75, 3.05) is 7.11 Å². The average molecular weight is 253 g/mol. The molecule has 86 valence electrons. The number of hydrogen-bond donors (Lipinski definition) is 0. The van der Waals surface area contributed by atoms with Crippen LogP contribution in [0.2, 0.25) is 32.2 Å². The summed E-state index contributed by atoms with van der Waals surface area (Å²) in [6, 6.07) is 0.958. The van der Waals surface area contributed by atoms with Gasteiger partial charge in [-0.05, 0) is 26.2 Å². The van der Waals surface area contributed by atoms with E-state index >= 15 is 0 Å². The molecule has 0 aromatic rings. The molecule has 0 aromatic carbocycles. The zero-order valence-electron chi connectivity index (χ0n) is 10.3. The topological polar surface area (TPSA) is 27.7 Å². The van der Waals surface area contributed by atoms with Gasteiger partial charge in [0, 0.05) is 13.2 Å². The van der Waals surface area contributed by atoms with E-state index in [0.29, 0.717) is 0 Å². The molecular formula is C8H24O3Si3. The van der Waals surface area contributed by atoms with Crippen LogP contribution in [0.15, 0.2) is 0 Å². The summed E-state index contributed by atoms with van der Waals surface area (Å²) >= 11 is 0. The number of hydrogen-bond acceptors (Lipinski definition) is 3. The molecule has 0 rings (SSSR count). The Morgan fingerprint density at radius 3 is 1.64 bits per heavy atom. The van der Waals surface area contributed by atoms with Gasteiger partial charge >= 0.3 is 8.80 Å². The maximum Gasteiger partial charge on any atom is 0.479 e. The van der Waals surface area contributed by atoms with E-state index in [9.17, 15) is 0 Å². The summed E-state index contributed by atoms with van der Waals surface area (Å²) in [6.45, 7) is 10.8. The summed E-state index contributed by atoms with van der Waals surface area (Å²) in [5, 5.41) is 0. The fourth-order valence-corrected chi connectivity index (χ4v) is 10.4. The molecule has 0 N–H and O–H groups in total. The molecule has 0 aliphatic rings. The lowest BCUT2D eigenvalue weighted by Gasteiger charge is -2.31. The smallest absolute Gasteiger partial charge is 0.419 e. The average Bonchev–Trinajstić information content (AvgIpc) is 2.02. The van der Waals surface area contributed by atoms with Gasteiger partial charge in [-0.15, -0.1) is 0 Å². The van der Waals surface area contributed by atoms with Crippen molar-refractivity contribution in [2.24, 2.45) is 0 Å². The Balaban J connectivity index is 4.42. The molecule has 3 nitrogen and oxygen atoms in total. The molecule has 0 spiro atoms. The quantitative estimate of drug-likeness (QED) is 0.649. The van der Waals surface area contributed by atoms with Crippen LogP contribution < -0.4 is 0 Å². The second-order valence-electron chi connectivity index (χ2n) is 3.97. The summed E-state index contributed by atoms with van der Waals surface area (Å²) in [5.74, 6) is 0. The minimum atomic E-state index is -2.27. The fraction of sp³-hybridized carbons (Fsp3) is 1.00. The van der Waals surface area contributed by atoms with Gasteiger partial charge in [0.2, 0.25) is 0 Å². The van der Waals surface area contributed by atoms with E-state index < -0.39 is 26.9 Å². The van der Waals surface area contributed by atoms with Crippen LogP contribution in [0, 0.1) is 0 Å². The fourth-order valence-electron chi connectivity index (χ4n) is 1.37. The predicted molar refractivity (Wildman–Crippen MR) is 67.8 cm³/mol. The van der Waals surface area contributed by atoms with Gasteiger partial charge in [0.15, 0.2) is 18.1 Å². The van der Waals surface area contributed by atoms with E-state index in [2.05, 4.69) is 33.1 Å². The van der Waals surface area contributed by atoms with Crippen LogP contribution in [0.25, 0.3) is 0 Å². The van der Waals surface area contributed by atoms with Gasteiger partial charge in [0.1, 0.15) is 0 Å². The lowest BCUT2D eigenvalue weighted by atomic mass is 10.6. The molecule has 14 heavy (non-hydrogen) atoms. The summed E-state index contributed by atoms with van der Waals surface area (Å²) in [7, 11) is -2.68. The molecule has 0 radical (unpaired) electrons. The highest BCUT2D eigenvalue weighted by Crippen LogP contribution is 2.19. The third kappa shape index (κ3) is 5.42. The van der Waals surface area contributed by atoms with Crippen molar-refractivity contribution in [2.45, 2.75) is 45.6 Å². The first-order valence-corrected chi connectivity index (χ1v) is 12.9. The Hall–Kier alpha value is 0.531. The van der Waals surface area contributed by atoms with Gasteiger partial charge in [0.25, 0.3) is 0 Å². The van der Waals surface area contributed by atoms with Crippen LogP contribution in [0.5, 0.6) is 0 Å². The van der Waals surface area contributed by atoms with Crippen molar-refractivity contribution in [1.82, 2.24) is 0 Å². The second-order valence-corrected chi connectivity index (χ2v) is 12.3. The first kappa shape index (κ1) is 14.5. The second kappa shape index (κ2) is 6.91. The molecule has 0 unspecified atom stereocenters. The molecule has 0 saturated heterocycles. The van der Waals surface area contributed by atoms with Gasteiger partial charge in [-0.3, -0.25) is 0 Å². The molecule has 0 saturated carbocycles. The maximum absolute atomic E-state index is 6.01. The van der Waals surface area contributed by atoms with Crippen LogP contribution in [0.4, 0.5) is 0 Å². The van der Waals surface area contributed by atoms with E-state index in [-0.39, 0.29) is 0 Å². The van der Waals surface area contributed by atoms with Crippen molar-refractivity contribution in [3.63, 3.8) is 0 Å². The maximum atomic E-state index is 6.01. The zero-order chi connectivity index (χ0) is 11.2. The van der Waals surface area contributed by atoms with Crippen LogP contribution in [-0.2, 0) is 12.7 Å². The molecule has 0 aliphatic carbocycles. The van der Waals surface area contributed by atoms with Gasteiger partial charge in [0.05, 0.1) is 0 Å². The van der Waals surface area contributed by atoms with Gasteiger partial charge in [-0.2, -0.15) is 0 Å². The van der Waals surface area contributed by atoms with Gasteiger partial charge in [-0.1, -0.05) is 13.3 Å². The standard InChI is InChI=1S/C8H24O3Si3/c1-7-8-14(9-2,10-12(3)4)11-13(5)6/h12-13H,7-8H2,1-6H3. The van der Waals surface area contributed by atoms with Crippen LogP contribution in [0.3, 0.4) is 0 Å². The molecule has 0 amide bonds. The normalized spacial score (nSPS) is 12.9. The third-order valence-electron chi connectivity index (χ3n) is 1.70. The van der Waals surface area contributed by atoms with Gasteiger partial charge < -0.3 is 12.7 Å². The van der Waals surface area contributed by atoms with Crippen molar-refractivity contribution in [3.8, 4) is 0 Å². The predicted octanol–water partition coefficient (Wildman–Crippen LogP) is 1.98. The summed E-state index contributed by atoms with van der Waals surface area (Å²) in [4.78, 5) is 0. The highest BCUT2D eigenvalue weighted by Gasteiger charge is 2.40. The van der Waals surface area contributed by atoms with E-state index in [1.165, 1.54) is 0 Å². The lowest BCUT2D eigenvalue weighted by molar-refractivity contribution is 0.206. The highest BCUT2D eigenvalue weighted by atomic mass is 28.5. The van der Waals surface area contributed by atoms with E-state index in [4.69, 9.17) is 12.7 Å². The summed E-state index contributed by atoms with van der Waals surface area (Å²) in [5.41, 5.74) is 0. The Kier molecular flexibility index (Phi) is 7.18. The van der Waals surface area contributed by atoms with E-state index in [1.807, 2.05) is 0 Å². The first-order chi connectivity index (χ1) is 6.45. The molecular weight excluding hydrogens is 228 g/mol. The minimum absolute atomic E-state index is 0.958. The van der Waals surface area contributed by atoms with Crippen LogP contribution in [-0.4, -0.2) is 34.0 Å². The molecule has 6 heteroatoms. The minimum Gasteiger partial charge on any atom is -0.419 e. The molecule has 0 aliphatic heterocycles. The van der Waals surface area contributed by atoms with E-state index in [1.54, 1.807) is 7.11 Å². The monoisotopic (exact) mass is 252 g/mol. The Labute approximate surface area is 92.6 Å².